The van der Waals surface area contributed by atoms with Crippen molar-refractivity contribution in [3.05, 3.63) is 65.5 Å². The Bertz CT molecular complexity index is 650. The average Bonchev–Trinajstić information content (AvgIpc) is 2.46. The first kappa shape index (κ1) is 14.6. The van der Waals surface area contributed by atoms with Crippen LogP contribution in [0.2, 0.25) is 0 Å². The second-order valence-electron chi connectivity index (χ2n) is 4.63. The summed E-state index contributed by atoms with van der Waals surface area (Å²) in [5.41, 5.74) is 1.58. The summed E-state index contributed by atoms with van der Waals surface area (Å²) in [6.45, 7) is 3.53. The topological polar surface area (TPSA) is 34.1 Å². The van der Waals surface area contributed by atoms with Crippen molar-refractivity contribution in [1.82, 2.24) is 0 Å². The first-order valence-electron chi connectivity index (χ1n) is 6.26. The van der Waals surface area contributed by atoms with E-state index in [9.17, 15) is 13.4 Å². The molecule has 0 aliphatic rings. The molecule has 0 radical (unpaired) electrons. The van der Waals surface area contributed by atoms with Crippen LogP contribution in [0.25, 0.3) is 0 Å². The molecule has 0 N–H and O–H groups in total. The van der Waals surface area contributed by atoms with Gasteiger partial charge in [0.15, 0.2) is 5.78 Å². The van der Waals surface area contributed by atoms with Crippen molar-refractivity contribution in [2.75, 3.05) is 0 Å². The highest BCUT2D eigenvalue weighted by molar-refractivity contribution is 7.86. The third kappa shape index (κ3) is 3.20. The summed E-state index contributed by atoms with van der Waals surface area (Å²) >= 11 is 0. The number of halogens is 1. The Morgan fingerprint density at radius 2 is 1.80 bits per heavy atom. The van der Waals surface area contributed by atoms with Gasteiger partial charge in [0.05, 0.1) is 16.0 Å². The highest BCUT2D eigenvalue weighted by Crippen LogP contribution is 2.16. The van der Waals surface area contributed by atoms with Crippen molar-refractivity contribution in [3.63, 3.8) is 0 Å². The molecule has 0 aromatic heterocycles. The fraction of sp³-hybridized carbons (Fsp3) is 0.188. The molecule has 2 nitrogen and oxygen atoms in total. The third-order valence-electron chi connectivity index (χ3n) is 3.05. The van der Waals surface area contributed by atoms with E-state index in [0.29, 0.717) is 10.5 Å². The van der Waals surface area contributed by atoms with Crippen LogP contribution >= 0.6 is 0 Å². The minimum Gasteiger partial charge on any atom is -0.293 e. The summed E-state index contributed by atoms with van der Waals surface area (Å²) in [4.78, 5) is 12.6. The van der Waals surface area contributed by atoms with E-state index in [1.807, 2.05) is 19.1 Å². The van der Waals surface area contributed by atoms with E-state index >= 15 is 0 Å². The Labute approximate surface area is 120 Å². The maximum absolute atomic E-state index is 13.1. The molecule has 104 valence electrons. The lowest BCUT2D eigenvalue weighted by Crippen LogP contribution is -2.22. The van der Waals surface area contributed by atoms with Crippen LogP contribution in [-0.4, -0.2) is 15.2 Å². The Balaban J connectivity index is 2.22. The number of carbonyl (C=O) groups is 1. The van der Waals surface area contributed by atoms with E-state index in [1.54, 1.807) is 25.1 Å². The Hall–Kier alpha value is -1.81. The molecule has 0 aliphatic heterocycles. The van der Waals surface area contributed by atoms with Gasteiger partial charge in [0, 0.05) is 10.5 Å². The number of ketones is 1. The van der Waals surface area contributed by atoms with Crippen LogP contribution in [0.3, 0.4) is 0 Å². The van der Waals surface area contributed by atoms with E-state index in [0.717, 1.165) is 5.56 Å². The number of carbonyl (C=O) groups excluding carboxylic acids is 1. The van der Waals surface area contributed by atoms with Crippen molar-refractivity contribution in [2.45, 2.75) is 24.0 Å². The predicted octanol–water partition coefficient (Wildman–Crippen LogP) is 3.51. The molecule has 20 heavy (non-hydrogen) atoms. The number of hydrogen-bond donors (Lipinski definition) is 0. The number of benzene rings is 2. The molecular formula is C16H15FO2S. The first-order chi connectivity index (χ1) is 9.49. The predicted molar refractivity (Wildman–Crippen MR) is 77.8 cm³/mol. The van der Waals surface area contributed by atoms with Crippen LogP contribution in [0.15, 0.2) is 53.4 Å². The number of aryl methyl sites for hydroxylation is 1. The lowest BCUT2D eigenvalue weighted by atomic mass is 10.1. The zero-order valence-corrected chi connectivity index (χ0v) is 12.1. The second kappa shape index (κ2) is 6.09. The molecule has 2 aromatic carbocycles. The van der Waals surface area contributed by atoms with Gasteiger partial charge in [-0.25, -0.2) is 4.39 Å². The van der Waals surface area contributed by atoms with Gasteiger partial charge in [-0.3, -0.25) is 9.00 Å². The molecule has 0 spiro atoms. The van der Waals surface area contributed by atoms with Crippen LogP contribution in [0.4, 0.5) is 4.39 Å². The molecule has 4 heteroatoms. The van der Waals surface area contributed by atoms with Crippen LogP contribution in [0.5, 0.6) is 0 Å². The van der Waals surface area contributed by atoms with E-state index in [2.05, 4.69) is 0 Å². The van der Waals surface area contributed by atoms with Gasteiger partial charge < -0.3 is 0 Å². The number of hydrogen-bond acceptors (Lipinski definition) is 2. The maximum Gasteiger partial charge on any atom is 0.178 e. The van der Waals surface area contributed by atoms with E-state index < -0.39 is 21.9 Å². The van der Waals surface area contributed by atoms with E-state index in [1.165, 1.54) is 18.2 Å². The second-order valence-corrected chi connectivity index (χ2v) is 6.40. The molecule has 0 heterocycles. The fourth-order valence-electron chi connectivity index (χ4n) is 1.85. The lowest BCUT2D eigenvalue weighted by Gasteiger charge is -2.11. The van der Waals surface area contributed by atoms with Gasteiger partial charge in [0.1, 0.15) is 5.82 Å². The Morgan fingerprint density at radius 3 is 2.40 bits per heavy atom. The summed E-state index contributed by atoms with van der Waals surface area (Å²) in [7, 11) is -1.56. The van der Waals surface area contributed by atoms with Gasteiger partial charge >= 0.3 is 0 Å². The summed E-state index contributed by atoms with van der Waals surface area (Å²) in [6.07, 6.45) is 0. The van der Waals surface area contributed by atoms with Gasteiger partial charge in [-0.1, -0.05) is 35.9 Å². The van der Waals surface area contributed by atoms with Crippen LogP contribution in [0.1, 0.15) is 22.8 Å². The third-order valence-corrected chi connectivity index (χ3v) is 4.63. The van der Waals surface area contributed by atoms with Gasteiger partial charge in [0.25, 0.3) is 0 Å². The molecular weight excluding hydrogens is 275 g/mol. The Kier molecular flexibility index (Phi) is 4.45. The van der Waals surface area contributed by atoms with Crippen molar-refractivity contribution in [1.29, 1.82) is 0 Å². The minimum atomic E-state index is -1.56. The van der Waals surface area contributed by atoms with Crippen LogP contribution in [0, 0.1) is 12.7 Å². The Morgan fingerprint density at radius 1 is 1.15 bits per heavy atom. The van der Waals surface area contributed by atoms with E-state index in [-0.39, 0.29) is 5.78 Å². The summed E-state index contributed by atoms with van der Waals surface area (Å²) in [6, 6.07) is 12.7. The first-order valence-corrected chi connectivity index (χ1v) is 7.47. The standard InChI is InChI=1S/C16H15FO2S/c1-11-6-8-13(9-7-11)16(18)12(2)20(19)15-5-3-4-14(17)10-15/h3-10,12H,1-2H3. The molecule has 0 saturated carbocycles. The molecule has 2 unspecified atom stereocenters. The quantitative estimate of drug-likeness (QED) is 0.807. The number of Topliss-reactive ketones (excluding diaryl/α,β-unsaturated/α-hetero) is 1. The lowest BCUT2D eigenvalue weighted by molar-refractivity contribution is 0.0992. The zero-order valence-electron chi connectivity index (χ0n) is 11.3. The summed E-state index contributed by atoms with van der Waals surface area (Å²) < 4.78 is 25.4. The maximum atomic E-state index is 13.1. The van der Waals surface area contributed by atoms with Crippen molar-refractivity contribution in [3.8, 4) is 0 Å². The van der Waals surface area contributed by atoms with Gasteiger partial charge in [-0.2, -0.15) is 0 Å². The SMILES string of the molecule is Cc1ccc(C(=O)C(C)S(=O)c2cccc(F)c2)cc1. The van der Waals surface area contributed by atoms with Gasteiger partial charge in [0.2, 0.25) is 0 Å². The highest BCUT2D eigenvalue weighted by atomic mass is 32.2. The summed E-state index contributed by atoms with van der Waals surface area (Å²) in [5.74, 6) is -0.654. The fourth-order valence-corrected chi connectivity index (χ4v) is 3.03. The highest BCUT2D eigenvalue weighted by Gasteiger charge is 2.22. The molecule has 2 atom stereocenters. The molecule has 0 amide bonds. The normalized spacial score (nSPS) is 13.8. The molecule has 0 aliphatic carbocycles. The molecule has 2 aromatic rings. The number of rotatable bonds is 4. The minimum absolute atomic E-state index is 0.201. The average molecular weight is 290 g/mol. The van der Waals surface area contributed by atoms with Crippen LogP contribution in [-0.2, 0) is 10.8 Å². The zero-order chi connectivity index (χ0) is 14.7. The van der Waals surface area contributed by atoms with Gasteiger partial charge in [-0.05, 0) is 32.0 Å². The largest absolute Gasteiger partial charge is 0.293 e. The van der Waals surface area contributed by atoms with Crippen molar-refractivity contribution < 1.29 is 13.4 Å². The molecule has 0 bridgehead atoms. The molecule has 0 fully saturated rings. The monoisotopic (exact) mass is 290 g/mol. The van der Waals surface area contributed by atoms with Crippen LogP contribution < -0.4 is 0 Å². The molecule has 2 rings (SSSR count). The van der Waals surface area contributed by atoms with Gasteiger partial charge in [-0.15, -0.1) is 0 Å². The van der Waals surface area contributed by atoms with Crippen molar-refractivity contribution >= 4 is 16.6 Å². The van der Waals surface area contributed by atoms with E-state index in [4.69, 9.17) is 0 Å². The smallest absolute Gasteiger partial charge is 0.178 e. The molecule has 0 saturated heterocycles. The summed E-state index contributed by atoms with van der Waals surface area (Å²) in [5, 5.41) is -0.709. The van der Waals surface area contributed by atoms with Crippen molar-refractivity contribution in [2.24, 2.45) is 0 Å².